The van der Waals surface area contributed by atoms with Gasteiger partial charge in [-0.25, -0.2) is 4.39 Å². The fraction of sp³-hybridized carbons (Fsp3) is 0.842. The summed E-state index contributed by atoms with van der Waals surface area (Å²) in [5, 5.41) is 0. The summed E-state index contributed by atoms with van der Waals surface area (Å²) in [4.78, 5) is 4.69. The van der Waals surface area contributed by atoms with Crippen molar-refractivity contribution in [1.29, 1.82) is 0 Å². The van der Waals surface area contributed by atoms with Gasteiger partial charge in [0.15, 0.2) is 0 Å². The van der Waals surface area contributed by atoms with Gasteiger partial charge >= 0.3 is 0 Å². The highest BCUT2D eigenvalue weighted by molar-refractivity contribution is 14.1. The molecule has 0 atom stereocenters. The van der Waals surface area contributed by atoms with Gasteiger partial charge in [0.05, 0.1) is 6.54 Å². The lowest BCUT2D eigenvalue weighted by Gasteiger charge is -2.33. The van der Waals surface area contributed by atoms with Crippen LogP contribution >= 0.6 is 22.6 Å². The van der Waals surface area contributed by atoms with Crippen molar-refractivity contribution in [3.8, 4) is 0 Å². The molecular formula is C19H31FIN. The Kier molecular flexibility index (Phi) is 6.12. The molecule has 2 aliphatic carbocycles. The maximum Gasteiger partial charge on any atom is 0.105 e. The lowest BCUT2D eigenvalue weighted by Crippen LogP contribution is -2.25. The number of nitrogens with zero attached hydrogens (tertiary/aromatic N) is 1. The van der Waals surface area contributed by atoms with Gasteiger partial charge in [0.2, 0.25) is 0 Å². The molecule has 2 saturated carbocycles. The van der Waals surface area contributed by atoms with Gasteiger partial charge < -0.3 is 0 Å². The second-order valence-corrected chi connectivity index (χ2v) is 9.74. The summed E-state index contributed by atoms with van der Waals surface area (Å²) < 4.78 is 14.4. The van der Waals surface area contributed by atoms with Gasteiger partial charge in [0.25, 0.3) is 0 Å². The van der Waals surface area contributed by atoms with Crippen LogP contribution in [0.4, 0.5) is 4.39 Å². The van der Waals surface area contributed by atoms with Crippen LogP contribution < -0.4 is 0 Å². The third-order valence-electron chi connectivity index (χ3n) is 5.55. The van der Waals surface area contributed by atoms with E-state index < -0.39 is 5.67 Å². The molecule has 22 heavy (non-hydrogen) atoms. The molecule has 0 amide bonds. The van der Waals surface area contributed by atoms with Gasteiger partial charge in [-0.1, -0.05) is 29.2 Å². The Balaban J connectivity index is 1.84. The average molecular weight is 419 g/mol. The molecule has 2 fully saturated rings. The Hall–Kier alpha value is 0.0700. The summed E-state index contributed by atoms with van der Waals surface area (Å²) in [7, 11) is 0. The van der Waals surface area contributed by atoms with Crippen LogP contribution in [-0.2, 0) is 0 Å². The molecule has 2 rings (SSSR count). The van der Waals surface area contributed by atoms with Gasteiger partial charge in [-0.3, -0.25) is 4.99 Å². The Morgan fingerprint density at radius 3 is 2.36 bits per heavy atom. The second kappa shape index (κ2) is 7.31. The summed E-state index contributed by atoms with van der Waals surface area (Å²) in [5.41, 5.74) is 1.71. The van der Waals surface area contributed by atoms with Gasteiger partial charge in [-0.15, -0.1) is 0 Å². The van der Waals surface area contributed by atoms with Crippen molar-refractivity contribution in [1.82, 2.24) is 0 Å². The smallest absolute Gasteiger partial charge is 0.105 e. The molecule has 0 spiro atoms. The molecule has 2 aliphatic rings. The van der Waals surface area contributed by atoms with E-state index in [9.17, 15) is 4.39 Å². The number of halogens is 2. The first kappa shape index (κ1) is 18.4. The van der Waals surface area contributed by atoms with Crippen molar-refractivity contribution in [2.24, 2.45) is 16.3 Å². The second-order valence-electron chi connectivity index (χ2n) is 7.98. The van der Waals surface area contributed by atoms with Crippen molar-refractivity contribution in [2.45, 2.75) is 81.7 Å². The lowest BCUT2D eigenvalue weighted by atomic mass is 9.74. The van der Waals surface area contributed by atoms with E-state index in [-0.39, 0.29) is 0 Å². The molecule has 0 bridgehead atoms. The molecule has 0 radical (unpaired) electrons. The first-order chi connectivity index (χ1) is 10.2. The highest BCUT2D eigenvalue weighted by atomic mass is 127. The van der Waals surface area contributed by atoms with Crippen LogP contribution in [0.3, 0.4) is 0 Å². The SMILES string of the molecule is C=C(C/N=C(\C)CCC(C)(C)F)C1(C2CCC(I)CC2)CC1. The average Bonchev–Trinajstić information content (AvgIpc) is 3.24. The summed E-state index contributed by atoms with van der Waals surface area (Å²) >= 11 is 2.60. The molecule has 0 N–H and O–H groups in total. The van der Waals surface area contributed by atoms with Gasteiger partial charge in [-0.2, -0.15) is 0 Å². The van der Waals surface area contributed by atoms with E-state index in [4.69, 9.17) is 4.99 Å². The fourth-order valence-electron chi connectivity index (χ4n) is 3.74. The normalized spacial score (nSPS) is 28.5. The van der Waals surface area contributed by atoms with Crippen LogP contribution in [0, 0.1) is 11.3 Å². The van der Waals surface area contributed by atoms with Crippen LogP contribution in [0.5, 0.6) is 0 Å². The zero-order valence-electron chi connectivity index (χ0n) is 14.4. The van der Waals surface area contributed by atoms with Crippen LogP contribution in [0.1, 0.15) is 72.1 Å². The van der Waals surface area contributed by atoms with E-state index >= 15 is 0 Å². The quantitative estimate of drug-likeness (QED) is 0.199. The van der Waals surface area contributed by atoms with Crippen LogP contribution in [0.2, 0.25) is 0 Å². The summed E-state index contributed by atoms with van der Waals surface area (Å²) in [5.74, 6) is 0.839. The largest absolute Gasteiger partial charge is 0.290 e. The van der Waals surface area contributed by atoms with E-state index in [1.807, 2.05) is 6.92 Å². The zero-order chi connectivity index (χ0) is 16.4. The standard InChI is InChI=1S/C19H31FIN/c1-14(13-22-15(2)9-10-18(3,4)20)19(11-12-19)16-5-7-17(21)8-6-16/h16-17H,1,5-13H2,2-4H3/b22-15+. The number of hydrogen-bond acceptors (Lipinski definition) is 1. The molecule has 3 heteroatoms. The Morgan fingerprint density at radius 2 is 1.86 bits per heavy atom. The predicted molar refractivity (Wildman–Crippen MR) is 103 cm³/mol. The molecule has 0 heterocycles. The minimum atomic E-state index is -1.09. The predicted octanol–water partition coefficient (Wildman–Crippen LogP) is 6.31. The summed E-state index contributed by atoms with van der Waals surface area (Å²) in [6, 6.07) is 0. The van der Waals surface area contributed by atoms with Crippen LogP contribution in [-0.4, -0.2) is 21.8 Å². The lowest BCUT2D eigenvalue weighted by molar-refractivity contribution is 0.205. The summed E-state index contributed by atoms with van der Waals surface area (Å²) in [6.45, 7) is 10.4. The summed E-state index contributed by atoms with van der Waals surface area (Å²) in [6.07, 6.45) is 9.41. The topological polar surface area (TPSA) is 12.4 Å². The molecule has 0 unspecified atom stereocenters. The minimum Gasteiger partial charge on any atom is -0.290 e. The maximum absolute atomic E-state index is 13.5. The van der Waals surface area contributed by atoms with Gasteiger partial charge in [0, 0.05) is 9.64 Å². The van der Waals surface area contributed by atoms with Gasteiger partial charge in [-0.05, 0) is 89.0 Å². The zero-order valence-corrected chi connectivity index (χ0v) is 16.6. The van der Waals surface area contributed by atoms with Crippen LogP contribution in [0.15, 0.2) is 17.1 Å². The molecule has 126 valence electrons. The van der Waals surface area contributed by atoms with Crippen molar-refractivity contribution >= 4 is 28.3 Å². The van der Waals surface area contributed by atoms with E-state index in [2.05, 4.69) is 29.2 Å². The highest BCUT2D eigenvalue weighted by Gasteiger charge is 2.51. The third-order valence-corrected chi connectivity index (χ3v) is 6.80. The molecular weight excluding hydrogens is 388 g/mol. The Bertz CT molecular complexity index is 423. The molecule has 1 nitrogen and oxygen atoms in total. The maximum atomic E-state index is 13.5. The van der Waals surface area contributed by atoms with E-state index in [1.54, 1.807) is 13.8 Å². The number of rotatable bonds is 7. The van der Waals surface area contributed by atoms with Gasteiger partial charge in [0.1, 0.15) is 5.67 Å². The first-order valence-electron chi connectivity index (χ1n) is 8.74. The van der Waals surface area contributed by atoms with Crippen molar-refractivity contribution in [3.63, 3.8) is 0 Å². The number of alkyl halides is 2. The third kappa shape index (κ3) is 5.04. The van der Waals surface area contributed by atoms with Crippen LogP contribution in [0.25, 0.3) is 0 Å². The fourth-order valence-corrected chi connectivity index (χ4v) is 4.45. The Morgan fingerprint density at radius 1 is 1.27 bits per heavy atom. The highest BCUT2D eigenvalue weighted by Crippen LogP contribution is 2.60. The molecule has 0 aromatic rings. The van der Waals surface area contributed by atoms with Crippen molar-refractivity contribution in [2.75, 3.05) is 6.54 Å². The van der Waals surface area contributed by atoms with Crippen molar-refractivity contribution in [3.05, 3.63) is 12.2 Å². The molecule has 0 aromatic heterocycles. The number of hydrogen-bond donors (Lipinski definition) is 0. The van der Waals surface area contributed by atoms with Crippen molar-refractivity contribution < 1.29 is 4.39 Å². The first-order valence-corrected chi connectivity index (χ1v) is 9.99. The molecule has 0 aliphatic heterocycles. The molecule has 0 aromatic carbocycles. The van der Waals surface area contributed by atoms with E-state index in [1.165, 1.54) is 44.1 Å². The minimum absolute atomic E-state index is 0.403. The molecule has 0 saturated heterocycles. The number of aliphatic imine (C=N–C) groups is 1. The van der Waals surface area contributed by atoms with E-state index in [0.29, 0.717) is 11.8 Å². The van der Waals surface area contributed by atoms with E-state index in [0.717, 1.165) is 28.5 Å². The monoisotopic (exact) mass is 419 g/mol. The Labute approximate surface area is 149 Å².